The first-order valence-corrected chi connectivity index (χ1v) is 4.29. The van der Waals surface area contributed by atoms with Crippen LogP contribution < -0.4 is 4.74 Å². The van der Waals surface area contributed by atoms with Crippen molar-refractivity contribution in [3.63, 3.8) is 0 Å². The molecule has 0 spiro atoms. The fraction of sp³-hybridized carbons (Fsp3) is 0.182. The van der Waals surface area contributed by atoms with Crippen LogP contribution in [0.1, 0.15) is 12.5 Å². The van der Waals surface area contributed by atoms with Gasteiger partial charge in [-0.25, -0.2) is 9.18 Å². The smallest absolute Gasteiger partial charge is 0.331 e. The number of carboxylic acid groups (broad SMARTS) is 1. The zero-order chi connectivity index (χ0) is 11.4. The number of rotatable bonds is 3. The van der Waals surface area contributed by atoms with Gasteiger partial charge in [0.15, 0.2) is 0 Å². The number of ether oxygens (including phenoxy) is 1. The first-order valence-electron chi connectivity index (χ1n) is 4.29. The first kappa shape index (κ1) is 11.2. The molecule has 0 aliphatic carbocycles. The van der Waals surface area contributed by atoms with Crippen molar-refractivity contribution in [2.24, 2.45) is 0 Å². The van der Waals surface area contributed by atoms with Gasteiger partial charge in [0.2, 0.25) is 0 Å². The van der Waals surface area contributed by atoms with Crippen LogP contribution in [0.25, 0.3) is 6.08 Å². The fourth-order valence-corrected chi connectivity index (χ4v) is 1.11. The van der Waals surface area contributed by atoms with E-state index in [0.29, 0.717) is 11.3 Å². The third kappa shape index (κ3) is 2.80. The van der Waals surface area contributed by atoms with Gasteiger partial charge in [0.05, 0.1) is 7.11 Å². The van der Waals surface area contributed by atoms with Crippen LogP contribution in [0.3, 0.4) is 0 Å². The van der Waals surface area contributed by atoms with Crippen molar-refractivity contribution >= 4 is 12.0 Å². The number of aliphatic carboxylic acids is 1. The minimum absolute atomic E-state index is 0.124. The van der Waals surface area contributed by atoms with Crippen LogP contribution in [0.4, 0.5) is 4.39 Å². The van der Waals surface area contributed by atoms with Crippen molar-refractivity contribution in [3.05, 3.63) is 35.2 Å². The lowest BCUT2D eigenvalue weighted by atomic mass is 10.1. The van der Waals surface area contributed by atoms with Gasteiger partial charge in [-0.15, -0.1) is 0 Å². The molecule has 0 unspecified atom stereocenters. The van der Waals surface area contributed by atoms with Crippen LogP contribution in [0, 0.1) is 5.82 Å². The summed E-state index contributed by atoms with van der Waals surface area (Å²) in [5.74, 6) is -1.03. The summed E-state index contributed by atoms with van der Waals surface area (Å²) in [6.07, 6.45) is 1.37. The molecule has 1 N–H and O–H groups in total. The second-order valence-corrected chi connectivity index (χ2v) is 3.02. The third-order valence-electron chi connectivity index (χ3n) is 1.90. The van der Waals surface area contributed by atoms with Crippen LogP contribution in [0.5, 0.6) is 5.75 Å². The lowest BCUT2D eigenvalue weighted by Crippen LogP contribution is -1.96. The summed E-state index contributed by atoms with van der Waals surface area (Å²) in [4.78, 5) is 10.6. The molecule has 1 aromatic carbocycles. The summed E-state index contributed by atoms with van der Waals surface area (Å²) < 4.78 is 17.9. The Morgan fingerprint density at radius 3 is 2.73 bits per heavy atom. The maximum absolute atomic E-state index is 12.9. The minimum atomic E-state index is -1.04. The molecule has 0 radical (unpaired) electrons. The Kier molecular flexibility index (Phi) is 3.44. The molecule has 3 nitrogen and oxygen atoms in total. The summed E-state index contributed by atoms with van der Waals surface area (Å²) in [7, 11) is 1.45. The SMILES string of the molecule is COc1ccc(F)cc1/C=C(\C)C(=O)O. The van der Waals surface area contributed by atoms with Crippen molar-refractivity contribution in [1.29, 1.82) is 0 Å². The molecular formula is C11H11FO3. The van der Waals surface area contributed by atoms with Crippen LogP contribution in [0.2, 0.25) is 0 Å². The minimum Gasteiger partial charge on any atom is -0.496 e. The van der Waals surface area contributed by atoms with E-state index in [1.165, 1.54) is 38.3 Å². The average Bonchev–Trinajstić information content (AvgIpc) is 2.18. The fourth-order valence-electron chi connectivity index (χ4n) is 1.11. The van der Waals surface area contributed by atoms with Crippen LogP contribution in [-0.2, 0) is 4.79 Å². The Balaban J connectivity index is 3.18. The molecule has 0 saturated carbocycles. The molecule has 0 aliphatic heterocycles. The van der Waals surface area contributed by atoms with Gasteiger partial charge in [-0.3, -0.25) is 0 Å². The zero-order valence-corrected chi connectivity index (χ0v) is 8.45. The molecule has 4 heteroatoms. The summed E-state index contributed by atoms with van der Waals surface area (Å²) in [5, 5.41) is 8.67. The molecular weight excluding hydrogens is 199 g/mol. The van der Waals surface area contributed by atoms with Gasteiger partial charge in [0, 0.05) is 11.1 Å². The molecule has 1 rings (SSSR count). The average molecular weight is 210 g/mol. The standard InChI is InChI=1S/C11H11FO3/c1-7(11(13)14)5-8-6-9(12)3-4-10(8)15-2/h3-6H,1-2H3,(H,13,14)/b7-5+. The highest BCUT2D eigenvalue weighted by Crippen LogP contribution is 2.21. The number of hydrogen-bond acceptors (Lipinski definition) is 2. The highest BCUT2D eigenvalue weighted by Gasteiger charge is 2.05. The molecule has 15 heavy (non-hydrogen) atoms. The van der Waals surface area contributed by atoms with E-state index < -0.39 is 11.8 Å². The lowest BCUT2D eigenvalue weighted by Gasteiger charge is -2.04. The van der Waals surface area contributed by atoms with Gasteiger partial charge in [0.1, 0.15) is 11.6 Å². The largest absolute Gasteiger partial charge is 0.496 e. The summed E-state index contributed by atoms with van der Waals surface area (Å²) in [5.41, 5.74) is 0.538. The van der Waals surface area contributed by atoms with E-state index in [-0.39, 0.29) is 5.57 Å². The molecule has 0 atom stereocenters. The summed E-state index contributed by atoms with van der Waals surface area (Å²) >= 11 is 0. The highest BCUT2D eigenvalue weighted by molar-refractivity contribution is 5.91. The molecule has 80 valence electrons. The molecule has 0 heterocycles. The van der Waals surface area contributed by atoms with Gasteiger partial charge in [-0.05, 0) is 31.2 Å². The van der Waals surface area contributed by atoms with Crippen molar-refractivity contribution in [1.82, 2.24) is 0 Å². The Bertz CT molecular complexity index is 410. The van der Waals surface area contributed by atoms with E-state index in [1.54, 1.807) is 0 Å². The molecule has 0 aliphatic rings. The van der Waals surface area contributed by atoms with E-state index in [2.05, 4.69) is 0 Å². The number of carboxylic acids is 1. The first-order chi connectivity index (χ1) is 7.04. The van der Waals surface area contributed by atoms with Crippen LogP contribution >= 0.6 is 0 Å². The van der Waals surface area contributed by atoms with E-state index >= 15 is 0 Å². The van der Waals surface area contributed by atoms with Crippen molar-refractivity contribution in [2.75, 3.05) is 7.11 Å². The maximum Gasteiger partial charge on any atom is 0.331 e. The Hall–Kier alpha value is -1.84. The topological polar surface area (TPSA) is 46.5 Å². The Morgan fingerprint density at radius 1 is 1.53 bits per heavy atom. The van der Waals surface area contributed by atoms with Gasteiger partial charge >= 0.3 is 5.97 Å². The van der Waals surface area contributed by atoms with Crippen molar-refractivity contribution < 1.29 is 19.0 Å². The second-order valence-electron chi connectivity index (χ2n) is 3.02. The van der Waals surface area contributed by atoms with Gasteiger partial charge in [-0.2, -0.15) is 0 Å². The quantitative estimate of drug-likeness (QED) is 0.779. The monoisotopic (exact) mass is 210 g/mol. The van der Waals surface area contributed by atoms with E-state index in [9.17, 15) is 9.18 Å². The lowest BCUT2D eigenvalue weighted by molar-refractivity contribution is -0.132. The number of hydrogen-bond donors (Lipinski definition) is 1. The van der Waals surface area contributed by atoms with E-state index in [0.717, 1.165) is 0 Å². The zero-order valence-electron chi connectivity index (χ0n) is 8.45. The third-order valence-corrected chi connectivity index (χ3v) is 1.90. The van der Waals surface area contributed by atoms with Crippen molar-refractivity contribution in [2.45, 2.75) is 6.92 Å². The molecule has 0 saturated heterocycles. The van der Waals surface area contributed by atoms with Gasteiger partial charge < -0.3 is 9.84 Å². The van der Waals surface area contributed by atoms with Gasteiger partial charge in [-0.1, -0.05) is 0 Å². The van der Waals surface area contributed by atoms with Crippen molar-refractivity contribution in [3.8, 4) is 5.75 Å². The molecule has 0 aromatic heterocycles. The number of carbonyl (C=O) groups is 1. The number of methoxy groups -OCH3 is 1. The highest BCUT2D eigenvalue weighted by atomic mass is 19.1. The van der Waals surface area contributed by atoms with Crippen LogP contribution in [-0.4, -0.2) is 18.2 Å². The molecule has 0 bridgehead atoms. The molecule has 0 amide bonds. The normalized spacial score (nSPS) is 11.3. The number of halogens is 1. The molecule has 1 aromatic rings. The Labute approximate surface area is 86.8 Å². The second kappa shape index (κ2) is 4.59. The van der Waals surface area contributed by atoms with Crippen LogP contribution in [0.15, 0.2) is 23.8 Å². The van der Waals surface area contributed by atoms with Gasteiger partial charge in [0.25, 0.3) is 0 Å². The maximum atomic E-state index is 12.9. The predicted molar refractivity (Wildman–Crippen MR) is 54.2 cm³/mol. The number of benzene rings is 1. The van der Waals surface area contributed by atoms with E-state index in [4.69, 9.17) is 9.84 Å². The molecule has 0 fully saturated rings. The summed E-state index contributed by atoms with van der Waals surface area (Å²) in [6.45, 7) is 1.44. The Morgan fingerprint density at radius 2 is 2.20 bits per heavy atom. The van der Waals surface area contributed by atoms with E-state index in [1.807, 2.05) is 0 Å². The predicted octanol–water partition coefficient (Wildman–Crippen LogP) is 2.32. The summed E-state index contributed by atoms with van der Waals surface area (Å²) in [6, 6.07) is 3.94.